The molecule has 0 saturated heterocycles. The second-order valence-corrected chi connectivity index (χ2v) is 6.37. The zero-order chi connectivity index (χ0) is 11.4. The van der Waals surface area contributed by atoms with E-state index in [0.29, 0.717) is 10.8 Å². The van der Waals surface area contributed by atoms with Gasteiger partial charge in [-0.15, -0.1) is 0 Å². The van der Waals surface area contributed by atoms with Crippen LogP contribution in [0, 0.1) is 6.92 Å². The van der Waals surface area contributed by atoms with Crippen LogP contribution in [0.2, 0.25) is 0 Å². The molecule has 0 aromatic carbocycles. The van der Waals surface area contributed by atoms with E-state index in [9.17, 15) is 0 Å². The first-order valence-electron chi connectivity index (χ1n) is 5.93. The van der Waals surface area contributed by atoms with E-state index in [2.05, 4.69) is 52.3 Å². The molecule has 1 aliphatic rings. The fourth-order valence-corrected chi connectivity index (χ4v) is 2.94. The zero-order valence-corrected chi connectivity index (χ0v) is 10.9. The molecule has 0 amide bonds. The molecule has 0 saturated carbocycles. The monoisotopic (exact) mass is 205 g/mol. The molecule has 1 heteroatoms. The number of rotatable bonds is 0. The van der Waals surface area contributed by atoms with Gasteiger partial charge in [0.25, 0.3) is 0 Å². The maximum Gasteiger partial charge on any atom is 0.0268 e. The molecule has 1 heterocycles. The van der Waals surface area contributed by atoms with Gasteiger partial charge in [-0.1, -0.05) is 27.7 Å². The Hall–Kier alpha value is -0.720. The van der Waals surface area contributed by atoms with Crippen molar-refractivity contribution in [1.82, 2.24) is 4.57 Å². The Labute approximate surface area is 93.5 Å². The van der Waals surface area contributed by atoms with Crippen molar-refractivity contribution in [3.8, 4) is 0 Å². The lowest BCUT2D eigenvalue weighted by molar-refractivity contribution is 0.319. The van der Waals surface area contributed by atoms with Gasteiger partial charge in [0.1, 0.15) is 0 Å². The highest BCUT2D eigenvalue weighted by Crippen LogP contribution is 2.46. The standard InChI is InChI=1S/C14H23N/c1-10-9-11-12(15(10)6)14(4,5)8-7-13(11,2)3/h9H,7-8H2,1-6H3. The summed E-state index contributed by atoms with van der Waals surface area (Å²) < 4.78 is 2.39. The Morgan fingerprint density at radius 3 is 2.13 bits per heavy atom. The summed E-state index contributed by atoms with van der Waals surface area (Å²) in [6.45, 7) is 11.7. The third kappa shape index (κ3) is 1.44. The Morgan fingerprint density at radius 2 is 1.60 bits per heavy atom. The molecule has 0 spiro atoms. The molecule has 0 radical (unpaired) electrons. The van der Waals surface area contributed by atoms with Crippen LogP contribution in [0.25, 0.3) is 0 Å². The van der Waals surface area contributed by atoms with E-state index in [-0.39, 0.29) is 0 Å². The Morgan fingerprint density at radius 1 is 1.07 bits per heavy atom. The summed E-state index contributed by atoms with van der Waals surface area (Å²) in [5.74, 6) is 0. The Bertz CT molecular complexity index is 394. The fourth-order valence-electron chi connectivity index (χ4n) is 2.94. The summed E-state index contributed by atoms with van der Waals surface area (Å²) in [5, 5.41) is 0. The molecule has 15 heavy (non-hydrogen) atoms. The third-order valence-electron chi connectivity index (χ3n) is 4.22. The van der Waals surface area contributed by atoms with E-state index in [1.165, 1.54) is 18.5 Å². The SMILES string of the molecule is Cc1cc2c(n1C)C(C)(C)CCC2(C)C. The average molecular weight is 205 g/mol. The molecule has 1 aromatic rings. The van der Waals surface area contributed by atoms with Gasteiger partial charge in [-0.2, -0.15) is 0 Å². The molecule has 2 rings (SSSR count). The van der Waals surface area contributed by atoms with Gasteiger partial charge in [-0.3, -0.25) is 0 Å². The van der Waals surface area contributed by atoms with Crippen LogP contribution in [0.4, 0.5) is 0 Å². The smallest absolute Gasteiger partial charge is 0.0268 e. The third-order valence-corrected chi connectivity index (χ3v) is 4.22. The Kier molecular flexibility index (Phi) is 2.09. The molecule has 0 unspecified atom stereocenters. The van der Waals surface area contributed by atoms with Crippen molar-refractivity contribution in [2.75, 3.05) is 0 Å². The lowest BCUT2D eigenvalue weighted by Crippen LogP contribution is -2.34. The van der Waals surface area contributed by atoms with Crippen LogP contribution < -0.4 is 0 Å². The van der Waals surface area contributed by atoms with E-state index >= 15 is 0 Å². The number of fused-ring (bicyclic) bond motifs is 1. The summed E-state index contributed by atoms with van der Waals surface area (Å²) in [7, 11) is 2.21. The minimum absolute atomic E-state index is 0.341. The van der Waals surface area contributed by atoms with E-state index in [4.69, 9.17) is 0 Å². The van der Waals surface area contributed by atoms with Gasteiger partial charge in [0.15, 0.2) is 0 Å². The van der Waals surface area contributed by atoms with Gasteiger partial charge in [0.2, 0.25) is 0 Å². The fraction of sp³-hybridized carbons (Fsp3) is 0.714. The van der Waals surface area contributed by atoms with Crippen LogP contribution in [-0.2, 0) is 17.9 Å². The largest absolute Gasteiger partial charge is 0.351 e. The zero-order valence-electron chi connectivity index (χ0n) is 10.9. The average Bonchev–Trinajstić information content (AvgIpc) is 2.40. The van der Waals surface area contributed by atoms with Gasteiger partial charge in [-0.25, -0.2) is 0 Å². The summed E-state index contributed by atoms with van der Waals surface area (Å²) in [6.07, 6.45) is 2.60. The summed E-state index contributed by atoms with van der Waals surface area (Å²) >= 11 is 0. The predicted molar refractivity (Wildman–Crippen MR) is 65.4 cm³/mol. The van der Waals surface area contributed by atoms with Crippen LogP contribution in [0.3, 0.4) is 0 Å². The molecule has 0 atom stereocenters. The highest BCUT2D eigenvalue weighted by Gasteiger charge is 2.39. The number of hydrogen-bond acceptors (Lipinski definition) is 0. The van der Waals surface area contributed by atoms with E-state index < -0.39 is 0 Å². The van der Waals surface area contributed by atoms with Gasteiger partial charge in [0.05, 0.1) is 0 Å². The highest BCUT2D eigenvalue weighted by atomic mass is 15.0. The number of hydrogen-bond donors (Lipinski definition) is 0. The molecule has 1 nitrogen and oxygen atoms in total. The normalized spacial score (nSPS) is 22.5. The van der Waals surface area contributed by atoms with Gasteiger partial charge >= 0.3 is 0 Å². The van der Waals surface area contributed by atoms with E-state index in [0.717, 1.165) is 0 Å². The van der Waals surface area contributed by atoms with Crippen molar-refractivity contribution >= 4 is 0 Å². The lowest BCUT2D eigenvalue weighted by atomic mass is 9.66. The highest BCUT2D eigenvalue weighted by molar-refractivity contribution is 5.40. The lowest BCUT2D eigenvalue weighted by Gasteiger charge is -2.40. The molecule has 0 bridgehead atoms. The van der Waals surface area contributed by atoms with Crippen molar-refractivity contribution in [2.45, 2.75) is 58.3 Å². The van der Waals surface area contributed by atoms with Gasteiger partial charge in [0, 0.05) is 23.9 Å². The molecular weight excluding hydrogens is 182 g/mol. The predicted octanol–water partition coefficient (Wildman–Crippen LogP) is 3.68. The van der Waals surface area contributed by atoms with Crippen LogP contribution in [-0.4, -0.2) is 4.57 Å². The molecule has 1 aromatic heterocycles. The Balaban J connectivity index is 2.70. The quantitative estimate of drug-likeness (QED) is 0.609. The van der Waals surface area contributed by atoms with Crippen LogP contribution >= 0.6 is 0 Å². The first-order valence-corrected chi connectivity index (χ1v) is 5.93. The molecule has 1 aliphatic carbocycles. The minimum Gasteiger partial charge on any atom is -0.351 e. The minimum atomic E-state index is 0.341. The molecule has 0 aliphatic heterocycles. The van der Waals surface area contributed by atoms with E-state index in [1.807, 2.05) is 0 Å². The topological polar surface area (TPSA) is 4.93 Å². The molecule has 0 fully saturated rings. The molecule has 84 valence electrons. The van der Waals surface area contributed by atoms with Gasteiger partial charge < -0.3 is 4.57 Å². The molecule has 0 N–H and O–H groups in total. The van der Waals surface area contributed by atoms with Crippen LogP contribution in [0.1, 0.15) is 57.5 Å². The first kappa shape index (κ1) is 10.8. The van der Waals surface area contributed by atoms with Gasteiger partial charge in [-0.05, 0) is 36.8 Å². The maximum absolute atomic E-state index is 2.39. The first-order chi connectivity index (χ1) is 6.76. The van der Waals surface area contributed by atoms with Crippen molar-refractivity contribution in [2.24, 2.45) is 7.05 Å². The summed E-state index contributed by atoms with van der Waals surface area (Å²) in [5.41, 5.74) is 5.21. The number of nitrogens with zero attached hydrogens (tertiary/aromatic N) is 1. The van der Waals surface area contributed by atoms with Crippen molar-refractivity contribution in [3.63, 3.8) is 0 Å². The van der Waals surface area contributed by atoms with Crippen molar-refractivity contribution in [3.05, 3.63) is 23.0 Å². The summed E-state index contributed by atoms with van der Waals surface area (Å²) in [6, 6.07) is 2.39. The van der Waals surface area contributed by atoms with Crippen LogP contribution in [0.5, 0.6) is 0 Å². The van der Waals surface area contributed by atoms with Crippen molar-refractivity contribution in [1.29, 1.82) is 0 Å². The van der Waals surface area contributed by atoms with Crippen molar-refractivity contribution < 1.29 is 0 Å². The van der Waals surface area contributed by atoms with E-state index in [1.54, 1.807) is 11.3 Å². The maximum atomic E-state index is 2.39. The summed E-state index contributed by atoms with van der Waals surface area (Å²) in [4.78, 5) is 0. The number of aromatic nitrogens is 1. The second-order valence-electron chi connectivity index (χ2n) is 6.37. The van der Waals surface area contributed by atoms with Crippen LogP contribution in [0.15, 0.2) is 6.07 Å². The number of aryl methyl sites for hydroxylation is 1. The molecular formula is C14H23N. The second kappa shape index (κ2) is 2.90.